The molecule has 0 radical (unpaired) electrons. The van der Waals surface area contributed by atoms with Gasteiger partial charge in [-0.15, -0.1) is 0 Å². The average molecular weight is 307 g/mol. The highest BCUT2D eigenvalue weighted by atomic mass is 79.9. The van der Waals surface area contributed by atoms with Gasteiger partial charge >= 0.3 is 0 Å². The molecular formula is C12H14BrClFN. The SMILES string of the molecule is Fc1c(Br)ccc(Cl)c1CN1CCCCC1. The maximum absolute atomic E-state index is 13.9. The molecule has 0 bridgehead atoms. The fraction of sp³-hybridized carbons (Fsp3) is 0.500. The molecule has 0 aliphatic carbocycles. The van der Waals surface area contributed by atoms with E-state index in [4.69, 9.17) is 11.6 Å². The number of halogens is 3. The van der Waals surface area contributed by atoms with Gasteiger partial charge in [-0.25, -0.2) is 4.39 Å². The van der Waals surface area contributed by atoms with Gasteiger partial charge in [-0.05, 0) is 54.0 Å². The molecule has 2 rings (SSSR count). The summed E-state index contributed by atoms with van der Waals surface area (Å²) in [5, 5.41) is 0.520. The monoisotopic (exact) mass is 305 g/mol. The lowest BCUT2D eigenvalue weighted by Gasteiger charge is -2.27. The molecule has 1 heterocycles. The minimum absolute atomic E-state index is 0.224. The summed E-state index contributed by atoms with van der Waals surface area (Å²) >= 11 is 9.23. The van der Waals surface area contributed by atoms with Crippen LogP contribution in [0.5, 0.6) is 0 Å². The zero-order valence-electron chi connectivity index (χ0n) is 8.98. The van der Waals surface area contributed by atoms with E-state index in [1.54, 1.807) is 12.1 Å². The number of benzene rings is 1. The Bertz CT molecular complexity index is 378. The smallest absolute Gasteiger partial charge is 0.143 e. The van der Waals surface area contributed by atoms with Crippen molar-refractivity contribution in [3.8, 4) is 0 Å². The number of piperidine rings is 1. The van der Waals surface area contributed by atoms with Crippen LogP contribution in [-0.4, -0.2) is 18.0 Å². The van der Waals surface area contributed by atoms with Crippen molar-refractivity contribution in [1.82, 2.24) is 4.90 Å². The summed E-state index contributed by atoms with van der Waals surface area (Å²) in [6.45, 7) is 2.70. The van der Waals surface area contributed by atoms with Gasteiger partial charge < -0.3 is 0 Å². The molecule has 1 aromatic carbocycles. The fourth-order valence-corrected chi connectivity index (χ4v) is 2.63. The first-order chi connectivity index (χ1) is 7.68. The van der Waals surface area contributed by atoms with Gasteiger partial charge in [0.1, 0.15) is 5.82 Å². The van der Waals surface area contributed by atoms with E-state index < -0.39 is 0 Å². The molecular weight excluding hydrogens is 292 g/mol. The van der Waals surface area contributed by atoms with Crippen molar-refractivity contribution in [2.24, 2.45) is 0 Å². The zero-order valence-corrected chi connectivity index (χ0v) is 11.3. The van der Waals surface area contributed by atoms with Gasteiger partial charge in [0, 0.05) is 17.1 Å². The number of likely N-dealkylation sites (tertiary alicyclic amines) is 1. The molecule has 1 aliphatic heterocycles. The van der Waals surface area contributed by atoms with Crippen LogP contribution in [0.4, 0.5) is 4.39 Å². The van der Waals surface area contributed by atoms with E-state index in [2.05, 4.69) is 20.8 Å². The second-order valence-electron chi connectivity index (χ2n) is 4.16. The Morgan fingerprint density at radius 2 is 1.94 bits per heavy atom. The van der Waals surface area contributed by atoms with E-state index in [0.717, 1.165) is 13.1 Å². The van der Waals surface area contributed by atoms with Gasteiger partial charge in [0.05, 0.1) is 4.47 Å². The summed E-state index contributed by atoms with van der Waals surface area (Å²) in [7, 11) is 0. The van der Waals surface area contributed by atoms with E-state index in [1.165, 1.54) is 19.3 Å². The first-order valence-electron chi connectivity index (χ1n) is 5.53. The van der Waals surface area contributed by atoms with E-state index >= 15 is 0 Å². The summed E-state index contributed by atoms with van der Waals surface area (Å²) < 4.78 is 14.3. The highest BCUT2D eigenvalue weighted by Gasteiger charge is 2.16. The highest BCUT2D eigenvalue weighted by Crippen LogP contribution is 2.27. The Labute approximate surface area is 109 Å². The highest BCUT2D eigenvalue weighted by molar-refractivity contribution is 9.10. The summed E-state index contributed by atoms with van der Waals surface area (Å²) in [5.41, 5.74) is 0.609. The van der Waals surface area contributed by atoms with Crippen LogP contribution in [0.15, 0.2) is 16.6 Å². The number of hydrogen-bond donors (Lipinski definition) is 0. The Morgan fingerprint density at radius 1 is 1.25 bits per heavy atom. The molecule has 4 heteroatoms. The summed E-state index contributed by atoms with van der Waals surface area (Å²) in [5.74, 6) is -0.224. The quantitative estimate of drug-likeness (QED) is 0.739. The molecule has 0 saturated carbocycles. The lowest BCUT2D eigenvalue weighted by molar-refractivity contribution is 0.218. The molecule has 0 unspecified atom stereocenters. The topological polar surface area (TPSA) is 3.24 Å². The summed E-state index contributed by atoms with van der Waals surface area (Å²) in [6, 6.07) is 3.39. The predicted octanol–water partition coefficient (Wildman–Crippen LogP) is 4.23. The van der Waals surface area contributed by atoms with Gasteiger partial charge in [-0.2, -0.15) is 0 Å². The first-order valence-corrected chi connectivity index (χ1v) is 6.70. The minimum Gasteiger partial charge on any atom is -0.299 e. The first kappa shape index (κ1) is 12.3. The standard InChI is InChI=1S/C12H14BrClFN/c13-10-4-5-11(14)9(12(10)15)8-16-6-2-1-3-7-16/h4-5H,1-3,6-8H2. The lowest BCUT2D eigenvalue weighted by atomic mass is 10.1. The maximum atomic E-state index is 13.9. The Hall–Kier alpha value is -0.120. The van der Waals surface area contributed by atoms with Crippen LogP contribution >= 0.6 is 27.5 Å². The summed E-state index contributed by atoms with van der Waals surface area (Å²) in [4.78, 5) is 2.26. The third kappa shape index (κ3) is 2.76. The molecule has 1 saturated heterocycles. The van der Waals surface area contributed by atoms with Crippen LogP contribution in [-0.2, 0) is 6.54 Å². The molecule has 88 valence electrons. The molecule has 1 aromatic rings. The zero-order chi connectivity index (χ0) is 11.5. The molecule has 0 amide bonds. The lowest BCUT2D eigenvalue weighted by Crippen LogP contribution is -2.29. The van der Waals surface area contributed by atoms with Crippen molar-refractivity contribution in [3.63, 3.8) is 0 Å². The molecule has 1 fully saturated rings. The number of rotatable bonds is 2. The van der Waals surface area contributed by atoms with Gasteiger partial charge in [0.25, 0.3) is 0 Å². The van der Waals surface area contributed by atoms with Crippen molar-refractivity contribution in [2.75, 3.05) is 13.1 Å². The number of hydrogen-bond acceptors (Lipinski definition) is 1. The van der Waals surface area contributed by atoms with Crippen LogP contribution in [0.1, 0.15) is 24.8 Å². The predicted molar refractivity (Wildman–Crippen MR) is 68.2 cm³/mol. The normalized spacial score (nSPS) is 17.7. The molecule has 0 spiro atoms. The Balaban J connectivity index is 2.16. The second-order valence-corrected chi connectivity index (χ2v) is 5.42. The van der Waals surface area contributed by atoms with Crippen LogP contribution in [0.2, 0.25) is 5.02 Å². The molecule has 1 aliphatic rings. The van der Waals surface area contributed by atoms with E-state index in [9.17, 15) is 4.39 Å². The van der Waals surface area contributed by atoms with E-state index in [0.29, 0.717) is 21.6 Å². The minimum atomic E-state index is -0.224. The number of nitrogens with zero attached hydrogens (tertiary/aromatic N) is 1. The van der Waals surface area contributed by atoms with Gasteiger partial charge in [0.15, 0.2) is 0 Å². The molecule has 16 heavy (non-hydrogen) atoms. The molecule has 0 aromatic heterocycles. The Kier molecular flexibility index (Phi) is 4.22. The largest absolute Gasteiger partial charge is 0.299 e. The van der Waals surface area contributed by atoms with Crippen molar-refractivity contribution >= 4 is 27.5 Å². The van der Waals surface area contributed by atoms with E-state index in [-0.39, 0.29) is 5.82 Å². The van der Waals surface area contributed by atoms with Crippen molar-refractivity contribution in [3.05, 3.63) is 33.0 Å². The van der Waals surface area contributed by atoms with Crippen molar-refractivity contribution in [2.45, 2.75) is 25.8 Å². The van der Waals surface area contributed by atoms with Crippen molar-refractivity contribution < 1.29 is 4.39 Å². The van der Waals surface area contributed by atoms with Crippen molar-refractivity contribution in [1.29, 1.82) is 0 Å². The van der Waals surface area contributed by atoms with E-state index in [1.807, 2.05) is 0 Å². The van der Waals surface area contributed by atoms with Gasteiger partial charge in [-0.3, -0.25) is 4.90 Å². The summed E-state index contributed by atoms with van der Waals surface area (Å²) in [6.07, 6.45) is 3.69. The Morgan fingerprint density at radius 3 is 2.62 bits per heavy atom. The van der Waals surface area contributed by atoms with Gasteiger partial charge in [-0.1, -0.05) is 18.0 Å². The second kappa shape index (κ2) is 5.48. The average Bonchev–Trinajstić information content (AvgIpc) is 2.31. The van der Waals surface area contributed by atoms with Gasteiger partial charge in [0.2, 0.25) is 0 Å². The third-order valence-corrected chi connectivity index (χ3v) is 3.94. The van der Waals surface area contributed by atoms with Crippen LogP contribution in [0, 0.1) is 5.82 Å². The molecule has 1 nitrogen and oxygen atoms in total. The molecule has 0 atom stereocenters. The van der Waals surface area contributed by atoms with Crippen LogP contribution < -0.4 is 0 Å². The molecule has 0 N–H and O–H groups in total. The fourth-order valence-electron chi connectivity index (χ4n) is 2.06. The maximum Gasteiger partial charge on any atom is 0.143 e. The van der Waals surface area contributed by atoms with Crippen LogP contribution in [0.3, 0.4) is 0 Å². The third-order valence-electron chi connectivity index (χ3n) is 2.97. The van der Waals surface area contributed by atoms with Crippen LogP contribution in [0.25, 0.3) is 0 Å².